The molecule has 0 fully saturated rings. The third-order valence-electron chi connectivity index (χ3n) is 3.27. The van der Waals surface area contributed by atoms with E-state index >= 15 is 0 Å². The molecule has 0 radical (unpaired) electrons. The molecule has 0 aliphatic carbocycles. The topological polar surface area (TPSA) is 38.0 Å². The molecule has 0 aliphatic rings. The highest BCUT2D eigenvalue weighted by Crippen LogP contribution is 2.36. The Bertz CT molecular complexity index is 638. The number of halogens is 4. The molecule has 0 amide bonds. The molecule has 3 N–H and O–H groups in total. The summed E-state index contributed by atoms with van der Waals surface area (Å²) in [6.45, 7) is 1.58. The molecule has 2 aromatic rings. The Labute approximate surface area is 119 Å². The first-order valence-electron chi connectivity index (χ1n) is 6.23. The monoisotopic (exact) mass is 298 g/mol. The molecule has 2 nitrogen and oxygen atoms in total. The minimum Gasteiger partial charge on any atom is -0.271 e. The van der Waals surface area contributed by atoms with Gasteiger partial charge in [0.05, 0.1) is 11.6 Å². The molecule has 0 spiro atoms. The third-order valence-corrected chi connectivity index (χ3v) is 3.27. The molecule has 0 saturated heterocycles. The fraction of sp³-hybridized carbons (Fsp3) is 0.200. The maximum Gasteiger partial charge on any atom is 0.416 e. The van der Waals surface area contributed by atoms with Gasteiger partial charge in [-0.2, -0.15) is 13.2 Å². The second-order valence-corrected chi connectivity index (χ2v) is 4.69. The molecule has 0 heterocycles. The van der Waals surface area contributed by atoms with E-state index in [1.807, 2.05) is 0 Å². The number of hydrogen-bond donors (Lipinski definition) is 2. The van der Waals surface area contributed by atoms with E-state index in [-0.39, 0.29) is 5.56 Å². The van der Waals surface area contributed by atoms with Crippen molar-refractivity contribution in [2.45, 2.75) is 19.1 Å². The molecule has 1 atom stereocenters. The van der Waals surface area contributed by atoms with E-state index in [1.165, 1.54) is 30.3 Å². The molecule has 0 bridgehead atoms. The molecule has 1 unspecified atom stereocenters. The average Bonchev–Trinajstić information content (AvgIpc) is 2.43. The first kappa shape index (κ1) is 15.5. The molecule has 112 valence electrons. The summed E-state index contributed by atoms with van der Waals surface area (Å²) in [6.07, 6.45) is -4.51. The summed E-state index contributed by atoms with van der Waals surface area (Å²) in [5, 5.41) is 0. The molecule has 0 aliphatic heterocycles. The number of aryl methyl sites for hydroxylation is 1. The zero-order valence-corrected chi connectivity index (χ0v) is 11.2. The molecule has 0 saturated carbocycles. The number of benzene rings is 2. The minimum atomic E-state index is -4.51. The van der Waals surface area contributed by atoms with E-state index in [2.05, 4.69) is 5.43 Å². The van der Waals surface area contributed by atoms with Crippen LogP contribution in [0.5, 0.6) is 0 Å². The Balaban J connectivity index is 2.54. The zero-order chi connectivity index (χ0) is 15.6. The Hall–Kier alpha value is -1.92. The van der Waals surface area contributed by atoms with E-state index in [9.17, 15) is 17.6 Å². The molecule has 2 aromatic carbocycles. The van der Waals surface area contributed by atoms with Crippen LogP contribution < -0.4 is 11.3 Å². The zero-order valence-electron chi connectivity index (χ0n) is 11.2. The van der Waals surface area contributed by atoms with Crippen LogP contribution in [-0.4, -0.2) is 0 Å². The number of hydrazine groups is 1. The first-order valence-corrected chi connectivity index (χ1v) is 6.23. The van der Waals surface area contributed by atoms with Crippen molar-refractivity contribution in [3.05, 3.63) is 70.5 Å². The second-order valence-electron chi connectivity index (χ2n) is 4.69. The fourth-order valence-electron chi connectivity index (χ4n) is 2.16. The summed E-state index contributed by atoms with van der Waals surface area (Å²) in [6, 6.07) is 8.39. The van der Waals surface area contributed by atoms with Crippen molar-refractivity contribution < 1.29 is 17.6 Å². The lowest BCUT2D eigenvalue weighted by molar-refractivity contribution is -0.138. The van der Waals surface area contributed by atoms with Crippen LogP contribution in [-0.2, 0) is 6.18 Å². The van der Waals surface area contributed by atoms with Gasteiger partial charge in [0.15, 0.2) is 0 Å². The van der Waals surface area contributed by atoms with Crippen molar-refractivity contribution in [2.24, 2.45) is 5.84 Å². The maximum absolute atomic E-state index is 13.6. The van der Waals surface area contributed by atoms with Crippen LogP contribution in [0, 0.1) is 12.7 Å². The summed E-state index contributed by atoms with van der Waals surface area (Å²) in [5.41, 5.74) is 2.23. The van der Waals surface area contributed by atoms with Crippen LogP contribution in [0.1, 0.15) is 28.3 Å². The van der Waals surface area contributed by atoms with Gasteiger partial charge in [0.1, 0.15) is 5.82 Å². The van der Waals surface area contributed by atoms with Crippen molar-refractivity contribution >= 4 is 0 Å². The largest absolute Gasteiger partial charge is 0.416 e. The van der Waals surface area contributed by atoms with Crippen LogP contribution in [0.2, 0.25) is 0 Å². The normalized spacial score (nSPS) is 13.2. The van der Waals surface area contributed by atoms with Crippen LogP contribution >= 0.6 is 0 Å². The van der Waals surface area contributed by atoms with Gasteiger partial charge in [-0.3, -0.25) is 5.84 Å². The average molecular weight is 298 g/mol. The quantitative estimate of drug-likeness (QED) is 0.515. The van der Waals surface area contributed by atoms with Gasteiger partial charge in [-0.25, -0.2) is 9.82 Å². The number of nitrogens with one attached hydrogen (secondary N) is 1. The van der Waals surface area contributed by atoms with Crippen molar-refractivity contribution in [3.63, 3.8) is 0 Å². The van der Waals surface area contributed by atoms with E-state index in [0.29, 0.717) is 11.1 Å². The lowest BCUT2D eigenvalue weighted by Crippen LogP contribution is -2.30. The van der Waals surface area contributed by atoms with E-state index < -0.39 is 23.6 Å². The summed E-state index contributed by atoms with van der Waals surface area (Å²) >= 11 is 0. The summed E-state index contributed by atoms with van der Waals surface area (Å²) in [5.74, 6) is 4.91. The van der Waals surface area contributed by atoms with Gasteiger partial charge in [-0.15, -0.1) is 0 Å². The molecule has 0 aromatic heterocycles. The third kappa shape index (κ3) is 3.22. The van der Waals surface area contributed by atoms with E-state index in [4.69, 9.17) is 5.84 Å². The highest BCUT2D eigenvalue weighted by atomic mass is 19.4. The van der Waals surface area contributed by atoms with Crippen molar-refractivity contribution in [1.29, 1.82) is 0 Å². The van der Waals surface area contributed by atoms with Gasteiger partial charge in [0, 0.05) is 0 Å². The summed E-state index contributed by atoms with van der Waals surface area (Å²) in [4.78, 5) is 0. The summed E-state index contributed by atoms with van der Waals surface area (Å²) in [7, 11) is 0. The fourth-order valence-corrected chi connectivity index (χ4v) is 2.16. The Kier molecular flexibility index (Phi) is 4.29. The predicted octanol–water partition coefficient (Wildman–Crippen LogP) is 3.71. The Morgan fingerprint density at radius 2 is 1.76 bits per heavy atom. The Morgan fingerprint density at radius 1 is 1.10 bits per heavy atom. The lowest BCUT2D eigenvalue weighted by Gasteiger charge is -2.21. The minimum absolute atomic E-state index is 0.0456. The molecule has 21 heavy (non-hydrogen) atoms. The van der Waals surface area contributed by atoms with Crippen molar-refractivity contribution in [2.75, 3.05) is 0 Å². The highest BCUT2D eigenvalue weighted by molar-refractivity contribution is 5.39. The number of rotatable bonds is 3. The van der Waals surface area contributed by atoms with Crippen LogP contribution in [0.25, 0.3) is 0 Å². The number of alkyl halides is 3. The van der Waals surface area contributed by atoms with Crippen LogP contribution in [0.15, 0.2) is 42.5 Å². The first-order chi connectivity index (χ1) is 9.84. The van der Waals surface area contributed by atoms with Gasteiger partial charge in [-0.1, -0.05) is 30.3 Å². The summed E-state index contributed by atoms with van der Waals surface area (Å²) < 4.78 is 52.8. The molecule has 2 rings (SSSR count). The van der Waals surface area contributed by atoms with Gasteiger partial charge in [0.25, 0.3) is 0 Å². The number of hydrogen-bond acceptors (Lipinski definition) is 2. The van der Waals surface area contributed by atoms with Crippen LogP contribution in [0.4, 0.5) is 17.6 Å². The lowest BCUT2D eigenvalue weighted by atomic mass is 9.94. The van der Waals surface area contributed by atoms with Crippen molar-refractivity contribution in [1.82, 2.24) is 5.43 Å². The smallest absolute Gasteiger partial charge is 0.271 e. The van der Waals surface area contributed by atoms with E-state index in [0.717, 1.165) is 6.07 Å². The maximum atomic E-state index is 13.6. The predicted molar refractivity (Wildman–Crippen MR) is 71.7 cm³/mol. The number of nitrogens with two attached hydrogens (primary N) is 1. The molecule has 6 heteroatoms. The van der Waals surface area contributed by atoms with Gasteiger partial charge in [0.2, 0.25) is 0 Å². The molecular weight excluding hydrogens is 284 g/mol. The van der Waals surface area contributed by atoms with Gasteiger partial charge >= 0.3 is 6.18 Å². The van der Waals surface area contributed by atoms with E-state index in [1.54, 1.807) is 13.0 Å². The van der Waals surface area contributed by atoms with Gasteiger partial charge in [-0.05, 0) is 35.7 Å². The van der Waals surface area contributed by atoms with Crippen molar-refractivity contribution in [3.8, 4) is 0 Å². The van der Waals surface area contributed by atoms with Gasteiger partial charge < -0.3 is 0 Å². The molecular formula is C15H14F4N2. The Morgan fingerprint density at radius 3 is 2.33 bits per heavy atom. The highest BCUT2D eigenvalue weighted by Gasteiger charge is 2.35. The SMILES string of the molecule is Cc1ccc(C(NN)c2ccccc2C(F)(F)F)cc1F. The second kappa shape index (κ2) is 5.83. The van der Waals surface area contributed by atoms with Crippen LogP contribution in [0.3, 0.4) is 0 Å². The standard InChI is InChI=1S/C15H14F4N2/c1-9-6-7-10(8-13(9)16)14(21-20)11-4-2-3-5-12(11)15(17,18)19/h2-8,14,21H,20H2,1H3.